The molecule has 1 aliphatic carbocycles. The third-order valence-corrected chi connectivity index (χ3v) is 5.11. The van der Waals surface area contributed by atoms with Gasteiger partial charge >= 0.3 is 0 Å². The SMILES string of the molecule is CC1CCNC(C)(C2CC2)CN1Cc1cc(F)ccc1F. The molecule has 0 aromatic heterocycles. The van der Waals surface area contributed by atoms with Gasteiger partial charge in [0.15, 0.2) is 0 Å². The Hall–Kier alpha value is -1.00. The Balaban J connectivity index is 1.79. The molecule has 1 saturated heterocycles. The fourth-order valence-corrected chi connectivity index (χ4v) is 3.47. The molecule has 1 heterocycles. The van der Waals surface area contributed by atoms with Crippen molar-refractivity contribution < 1.29 is 8.78 Å². The van der Waals surface area contributed by atoms with Crippen molar-refractivity contribution in [2.45, 2.75) is 51.2 Å². The maximum atomic E-state index is 13.9. The van der Waals surface area contributed by atoms with E-state index in [2.05, 4.69) is 24.1 Å². The summed E-state index contributed by atoms with van der Waals surface area (Å²) in [6.07, 6.45) is 3.60. The van der Waals surface area contributed by atoms with Crippen LogP contribution in [-0.4, -0.2) is 29.6 Å². The van der Waals surface area contributed by atoms with Crippen LogP contribution < -0.4 is 5.32 Å². The summed E-state index contributed by atoms with van der Waals surface area (Å²) >= 11 is 0. The van der Waals surface area contributed by atoms with Gasteiger partial charge in [-0.25, -0.2) is 8.78 Å². The number of nitrogens with zero attached hydrogens (tertiary/aromatic N) is 1. The van der Waals surface area contributed by atoms with Crippen molar-refractivity contribution in [3.8, 4) is 0 Å². The zero-order valence-corrected chi connectivity index (χ0v) is 12.8. The van der Waals surface area contributed by atoms with Crippen LogP contribution in [0, 0.1) is 17.6 Å². The van der Waals surface area contributed by atoms with Crippen LogP contribution >= 0.6 is 0 Å². The highest BCUT2D eigenvalue weighted by Crippen LogP contribution is 2.41. The van der Waals surface area contributed by atoms with Gasteiger partial charge in [-0.15, -0.1) is 0 Å². The zero-order chi connectivity index (χ0) is 15.0. The van der Waals surface area contributed by atoms with E-state index in [4.69, 9.17) is 0 Å². The van der Waals surface area contributed by atoms with Crippen molar-refractivity contribution in [2.24, 2.45) is 5.92 Å². The predicted molar refractivity (Wildman–Crippen MR) is 80.0 cm³/mol. The van der Waals surface area contributed by atoms with E-state index < -0.39 is 0 Å². The Labute approximate surface area is 125 Å². The van der Waals surface area contributed by atoms with Gasteiger partial charge in [0, 0.05) is 30.2 Å². The second-order valence-corrected chi connectivity index (χ2v) is 6.90. The number of rotatable bonds is 3. The summed E-state index contributed by atoms with van der Waals surface area (Å²) in [7, 11) is 0. The van der Waals surface area contributed by atoms with E-state index in [1.807, 2.05) is 0 Å². The molecule has 2 nitrogen and oxygen atoms in total. The molecule has 116 valence electrons. The minimum Gasteiger partial charge on any atom is -0.310 e. The molecule has 21 heavy (non-hydrogen) atoms. The highest BCUT2D eigenvalue weighted by Gasteiger charge is 2.43. The fourth-order valence-electron chi connectivity index (χ4n) is 3.47. The highest BCUT2D eigenvalue weighted by molar-refractivity contribution is 5.19. The van der Waals surface area contributed by atoms with Gasteiger partial charge < -0.3 is 5.32 Å². The summed E-state index contributed by atoms with van der Waals surface area (Å²) in [5, 5.41) is 3.68. The molecule has 1 saturated carbocycles. The average molecular weight is 294 g/mol. The van der Waals surface area contributed by atoms with E-state index in [9.17, 15) is 8.78 Å². The molecule has 1 aromatic carbocycles. The smallest absolute Gasteiger partial charge is 0.127 e. The van der Waals surface area contributed by atoms with Crippen LogP contribution in [0.4, 0.5) is 8.78 Å². The maximum Gasteiger partial charge on any atom is 0.127 e. The van der Waals surface area contributed by atoms with Gasteiger partial charge in [-0.3, -0.25) is 4.90 Å². The van der Waals surface area contributed by atoms with Gasteiger partial charge in [-0.2, -0.15) is 0 Å². The lowest BCUT2D eigenvalue weighted by Crippen LogP contribution is -2.51. The van der Waals surface area contributed by atoms with Crippen LogP contribution in [0.1, 0.15) is 38.7 Å². The summed E-state index contributed by atoms with van der Waals surface area (Å²) in [4.78, 5) is 2.30. The normalized spacial score (nSPS) is 31.1. The Morgan fingerprint density at radius 2 is 2.05 bits per heavy atom. The molecule has 0 radical (unpaired) electrons. The highest BCUT2D eigenvalue weighted by atomic mass is 19.1. The first-order chi connectivity index (χ1) is 9.98. The van der Waals surface area contributed by atoms with Crippen molar-refractivity contribution in [1.29, 1.82) is 0 Å². The van der Waals surface area contributed by atoms with Crippen LogP contribution in [0.2, 0.25) is 0 Å². The maximum absolute atomic E-state index is 13.9. The van der Waals surface area contributed by atoms with Crippen molar-refractivity contribution in [1.82, 2.24) is 10.2 Å². The van der Waals surface area contributed by atoms with Crippen molar-refractivity contribution >= 4 is 0 Å². The lowest BCUT2D eigenvalue weighted by atomic mass is 9.95. The van der Waals surface area contributed by atoms with E-state index in [0.29, 0.717) is 18.2 Å². The average Bonchev–Trinajstić information content (AvgIpc) is 3.26. The molecule has 1 aliphatic heterocycles. The monoisotopic (exact) mass is 294 g/mol. The predicted octanol–water partition coefficient (Wildman–Crippen LogP) is 3.32. The van der Waals surface area contributed by atoms with Crippen LogP contribution in [0.25, 0.3) is 0 Å². The van der Waals surface area contributed by atoms with Gasteiger partial charge in [0.1, 0.15) is 11.6 Å². The molecular weight excluding hydrogens is 270 g/mol. The lowest BCUT2D eigenvalue weighted by molar-refractivity contribution is 0.153. The van der Waals surface area contributed by atoms with E-state index in [1.165, 1.54) is 31.0 Å². The summed E-state index contributed by atoms with van der Waals surface area (Å²) in [5.41, 5.74) is 0.566. The van der Waals surface area contributed by atoms with Crippen molar-refractivity contribution in [3.05, 3.63) is 35.4 Å². The summed E-state index contributed by atoms with van der Waals surface area (Å²) in [6.45, 7) is 6.83. The molecule has 4 heteroatoms. The number of halogens is 2. The summed E-state index contributed by atoms with van der Waals surface area (Å²) < 4.78 is 27.3. The van der Waals surface area contributed by atoms with Crippen molar-refractivity contribution in [2.75, 3.05) is 13.1 Å². The number of hydrogen-bond acceptors (Lipinski definition) is 2. The van der Waals surface area contributed by atoms with Crippen LogP contribution in [0.3, 0.4) is 0 Å². The van der Waals surface area contributed by atoms with Crippen LogP contribution in [0.5, 0.6) is 0 Å². The number of hydrogen-bond donors (Lipinski definition) is 1. The molecule has 0 bridgehead atoms. The minimum atomic E-state index is -0.364. The molecule has 2 fully saturated rings. The van der Waals surface area contributed by atoms with Gasteiger partial charge in [0.25, 0.3) is 0 Å². The van der Waals surface area contributed by atoms with E-state index in [-0.39, 0.29) is 17.2 Å². The quantitative estimate of drug-likeness (QED) is 0.920. The Bertz CT molecular complexity index is 516. The molecule has 2 atom stereocenters. The van der Waals surface area contributed by atoms with Gasteiger partial charge in [0.2, 0.25) is 0 Å². The second kappa shape index (κ2) is 5.65. The topological polar surface area (TPSA) is 15.3 Å². The number of nitrogens with one attached hydrogen (secondary N) is 1. The standard InChI is InChI=1S/C17H24F2N2/c1-12-7-8-20-17(2,14-3-4-14)11-21(12)10-13-9-15(18)5-6-16(13)19/h5-6,9,12,14,20H,3-4,7-8,10-11H2,1-2H3. The summed E-state index contributed by atoms with van der Waals surface area (Å²) in [6, 6.07) is 4.11. The first-order valence-electron chi connectivity index (χ1n) is 7.91. The van der Waals surface area contributed by atoms with E-state index in [1.54, 1.807) is 0 Å². The molecule has 2 unspecified atom stereocenters. The largest absolute Gasteiger partial charge is 0.310 e. The lowest BCUT2D eigenvalue weighted by Gasteiger charge is -2.36. The van der Waals surface area contributed by atoms with Crippen LogP contribution in [0.15, 0.2) is 18.2 Å². The molecule has 3 rings (SSSR count). The zero-order valence-electron chi connectivity index (χ0n) is 12.8. The molecular formula is C17H24F2N2. The third-order valence-electron chi connectivity index (χ3n) is 5.11. The van der Waals surface area contributed by atoms with E-state index >= 15 is 0 Å². The molecule has 1 aromatic rings. The summed E-state index contributed by atoms with van der Waals surface area (Å²) in [5.74, 6) is 0.0496. The Morgan fingerprint density at radius 3 is 2.76 bits per heavy atom. The molecule has 0 spiro atoms. The Morgan fingerprint density at radius 1 is 1.29 bits per heavy atom. The minimum absolute atomic E-state index is 0.106. The Kier molecular flexibility index (Phi) is 4.02. The molecule has 0 amide bonds. The first-order valence-corrected chi connectivity index (χ1v) is 7.91. The van der Waals surface area contributed by atoms with E-state index in [0.717, 1.165) is 25.4 Å². The molecule has 1 N–H and O–H groups in total. The van der Waals surface area contributed by atoms with Gasteiger partial charge in [-0.1, -0.05) is 0 Å². The van der Waals surface area contributed by atoms with Gasteiger partial charge in [-0.05, 0) is 63.8 Å². The fraction of sp³-hybridized carbons (Fsp3) is 0.647. The second-order valence-electron chi connectivity index (χ2n) is 6.90. The first kappa shape index (κ1) is 14.9. The molecule has 2 aliphatic rings. The third kappa shape index (κ3) is 3.27. The van der Waals surface area contributed by atoms with Gasteiger partial charge in [0.05, 0.1) is 0 Å². The van der Waals surface area contributed by atoms with Crippen molar-refractivity contribution in [3.63, 3.8) is 0 Å². The van der Waals surface area contributed by atoms with Crippen LogP contribution in [-0.2, 0) is 6.54 Å². The number of benzene rings is 1.